The summed E-state index contributed by atoms with van der Waals surface area (Å²) in [5, 5.41) is 6.80. The van der Waals surface area contributed by atoms with Crippen LogP contribution >= 0.6 is 15.9 Å². The van der Waals surface area contributed by atoms with Gasteiger partial charge in [0, 0.05) is 44.3 Å². The van der Waals surface area contributed by atoms with Gasteiger partial charge in [-0.1, -0.05) is 0 Å². The first-order valence-electron chi connectivity index (χ1n) is 7.55. The van der Waals surface area contributed by atoms with E-state index >= 15 is 0 Å². The Balaban J connectivity index is 1.80. The van der Waals surface area contributed by atoms with Gasteiger partial charge in [0.25, 0.3) is 11.8 Å². The highest BCUT2D eigenvalue weighted by Crippen LogP contribution is 2.15. The number of nitrogens with one attached hydrogen (secondary N) is 1. The monoisotopic (exact) mass is 405 g/mol. The number of hydrogen-bond acceptors (Lipinski definition) is 6. The number of amides is 2. The Hall–Kier alpha value is -2.75. The van der Waals surface area contributed by atoms with E-state index in [1.54, 1.807) is 27.7 Å². The molecule has 2 amide bonds. The second kappa shape index (κ2) is 7.01. The van der Waals surface area contributed by atoms with Crippen LogP contribution < -0.4 is 11.1 Å². The quantitative estimate of drug-likeness (QED) is 0.569. The molecule has 9 nitrogen and oxygen atoms in total. The summed E-state index contributed by atoms with van der Waals surface area (Å²) in [7, 11) is 1.45. The van der Waals surface area contributed by atoms with Crippen molar-refractivity contribution < 1.29 is 9.59 Å². The molecule has 3 heterocycles. The Morgan fingerprint density at radius 1 is 1.44 bits per heavy atom. The molecule has 0 spiro atoms. The normalized spacial score (nSPS) is 15.2. The van der Waals surface area contributed by atoms with Gasteiger partial charge >= 0.3 is 0 Å². The summed E-state index contributed by atoms with van der Waals surface area (Å²) in [5.41, 5.74) is 6.72. The second-order valence-electron chi connectivity index (χ2n) is 5.35. The van der Waals surface area contributed by atoms with Crippen molar-refractivity contribution >= 4 is 44.8 Å². The van der Waals surface area contributed by atoms with E-state index < -0.39 is 5.91 Å². The number of carbonyl (C=O) groups is 2. The highest BCUT2D eigenvalue weighted by Gasteiger charge is 2.29. The number of rotatable bonds is 4. The number of fused-ring (bicyclic) bond motifs is 1. The number of halogens is 1. The highest BCUT2D eigenvalue weighted by atomic mass is 79.9. The Bertz CT molecular complexity index is 898. The predicted octanol–water partition coefficient (Wildman–Crippen LogP) is 0.576. The van der Waals surface area contributed by atoms with Gasteiger partial charge in [-0.05, 0) is 28.4 Å². The molecule has 0 bridgehead atoms. The van der Waals surface area contributed by atoms with Gasteiger partial charge in [-0.2, -0.15) is 0 Å². The Morgan fingerprint density at radius 2 is 2.20 bits per heavy atom. The largest absolute Gasteiger partial charge is 0.404 e. The van der Waals surface area contributed by atoms with Crippen molar-refractivity contribution in [2.45, 2.75) is 6.42 Å². The molecule has 3 N–H and O–H groups in total. The molecule has 1 aliphatic heterocycles. The molecule has 1 fully saturated rings. The summed E-state index contributed by atoms with van der Waals surface area (Å²) < 4.78 is 2.01. The molecule has 130 valence electrons. The van der Waals surface area contributed by atoms with Crippen molar-refractivity contribution in [2.75, 3.05) is 25.5 Å². The third-order valence-corrected chi connectivity index (χ3v) is 4.14. The molecule has 0 aliphatic carbocycles. The van der Waals surface area contributed by atoms with E-state index in [4.69, 9.17) is 5.73 Å². The first-order chi connectivity index (χ1) is 12.0. The van der Waals surface area contributed by atoms with Crippen LogP contribution in [0.25, 0.3) is 5.65 Å². The second-order valence-corrected chi connectivity index (χ2v) is 6.06. The summed E-state index contributed by atoms with van der Waals surface area (Å²) in [6, 6.07) is 3.33. The molecule has 0 atom stereocenters. The maximum absolute atomic E-state index is 12.6. The van der Waals surface area contributed by atoms with Crippen LogP contribution in [0.5, 0.6) is 0 Å². The van der Waals surface area contributed by atoms with Crippen LogP contribution in [0, 0.1) is 0 Å². The van der Waals surface area contributed by atoms with Crippen molar-refractivity contribution in [3.05, 3.63) is 34.8 Å². The van der Waals surface area contributed by atoms with Gasteiger partial charge in [-0.15, -0.1) is 5.10 Å². The summed E-state index contributed by atoms with van der Waals surface area (Å²) in [4.78, 5) is 34.7. The van der Waals surface area contributed by atoms with Gasteiger partial charge in [-0.25, -0.2) is 9.50 Å². The summed E-state index contributed by atoms with van der Waals surface area (Å²) >= 11 is 3.19. The van der Waals surface area contributed by atoms with Crippen LogP contribution in [0.3, 0.4) is 0 Å². The molecule has 3 rings (SSSR count). The number of nitrogens with zero attached hydrogens (tertiary/aromatic N) is 5. The van der Waals surface area contributed by atoms with E-state index in [1.165, 1.54) is 7.05 Å². The number of nitrogens with two attached hydrogens (primary N) is 1. The van der Waals surface area contributed by atoms with E-state index in [2.05, 4.69) is 36.3 Å². The number of likely N-dealkylation sites (tertiary alicyclic amines) is 1. The van der Waals surface area contributed by atoms with E-state index in [0.717, 1.165) is 12.6 Å². The zero-order valence-corrected chi connectivity index (χ0v) is 15.0. The van der Waals surface area contributed by atoms with Crippen molar-refractivity contribution in [3.8, 4) is 0 Å². The van der Waals surface area contributed by atoms with Gasteiger partial charge < -0.3 is 16.0 Å². The SMILES string of the molecule is CN=C(C(=O)Nc1ccn2nc(Br)nc2c1)C(=CN)C(=O)N1CCC1. The zero-order valence-electron chi connectivity index (χ0n) is 13.4. The number of pyridine rings is 1. The molecule has 0 saturated carbocycles. The molecule has 1 saturated heterocycles. The maximum atomic E-state index is 12.6. The minimum atomic E-state index is -0.518. The van der Waals surface area contributed by atoms with Crippen molar-refractivity contribution in [1.82, 2.24) is 19.5 Å². The van der Waals surface area contributed by atoms with Crippen LogP contribution in [0.1, 0.15) is 6.42 Å². The summed E-state index contributed by atoms with van der Waals surface area (Å²) in [5.74, 6) is -0.808. The first-order valence-corrected chi connectivity index (χ1v) is 8.34. The summed E-state index contributed by atoms with van der Waals surface area (Å²) in [6.45, 7) is 1.32. The summed E-state index contributed by atoms with van der Waals surface area (Å²) in [6.07, 6.45) is 3.74. The lowest BCUT2D eigenvalue weighted by Gasteiger charge is -2.31. The number of aromatic nitrogens is 3. The lowest BCUT2D eigenvalue weighted by molar-refractivity contribution is -0.130. The predicted molar refractivity (Wildman–Crippen MR) is 96.1 cm³/mol. The average molecular weight is 406 g/mol. The third kappa shape index (κ3) is 3.38. The van der Waals surface area contributed by atoms with Gasteiger partial charge in [0.2, 0.25) is 4.73 Å². The van der Waals surface area contributed by atoms with Crippen LogP contribution in [-0.2, 0) is 9.59 Å². The van der Waals surface area contributed by atoms with Crippen LogP contribution in [0.4, 0.5) is 5.69 Å². The molecular weight excluding hydrogens is 390 g/mol. The Kier molecular flexibility index (Phi) is 4.79. The van der Waals surface area contributed by atoms with E-state index in [1.807, 2.05) is 0 Å². The third-order valence-electron chi connectivity index (χ3n) is 3.80. The number of anilines is 1. The van der Waals surface area contributed by atoms with E-state index in [9.17, 15) is 9.59 Å². The molecule has 2 aromatic heterocycles. The van der Waals surface area contributed by atoms with Gasteiger partial charge in [0.1, 0.15) is 5.71 Å². The standard InChI is InChI=1S/C15H16BrN7O2/c1-18-12(10(8-17)14(25)22-4-2-5-22)13(24)19-9-3-6-23-11(7-9)20-15(16)21-23/h3,6-8H,2,4-5,17H2,1H3,(H,19,24). The average Bonchev–Trinajstić information content (AvgIpc) is 2.89. The highest BCUT2D eigenvalue weighted by molar-refractivity contribution is 9.10. The fourth-order valence-corrected chi connectivity index (χ4v) is 2.76. The lowest BCUT2D eigenvalue weighted by Crippen LogP contribution is -2.45. The molecular formula is C15H16BrN7O2. The smallest absolute Gasteiger partial charge is 0.274 e. The van der Waals surface area contributed by atoms with E-state index in [0.29, 0.717) is 29.2 Å². The Labute approximate surface area is 151 Å². The number of carbonyl (C=O) groups excluding carboxylic acids is 2. The minimum Gasteiger partial charge on any atom is -0.404 e. The lowest BCUT2D eigenvalue weighted by atomic mass is 10.1. The van der Waals surface area contributed by atoms with Crippen LogP contribution in [-0.4, -0.2) is 57.2 Å². The number of aliphatic imine (C=N–C) groups is 1. The van der Waals surface area contributed by atoms with E-state index in [-0.39, 0.29) is 17.2 Å². The molecule has 2 aromatic rings. The fraction of sp³-hybridized carbons (Fsp3) is 0.267. The molecule has 10 heteroatoms. The maximum Gasteiger partial charge on any atom is 0.274 e. The molecule has 0 radical (unpaired) electrons. The minimum absolute atomic E-state index is 0.0121. The van der Waals surface area contributed by atoms with Crippen molar-refractivity contribution in [1.29, 1.82) is 0 Å². The van der Waals surface area contributed by atoms with Gasteiger partial charge in [0.05, 0.1) is 5.57 Å². The van der Waals surface area contributed by atoms with Crippen molar-refractivity contribution in [3.63, 3.8) is 0 Å². The van der Waals surface area contributed by atoms with Crippen LogP contribution in [0.15, 0.2) is 39.8 Å². The topological polar surface area (TPSA) is 118 Å². The Morgan fingerprint density at radius 3 is 2.80 bits per heavy atom. The van der Waals surface area contributed by atoms with Gasteiger partial charge in [-0.3, -0.25) is 14.6 Å². The molecule has 0 unspecified atom stereocenters. The molecule has 25 heavy (non-hydrogen) atoms. The molecule has 0 aromatic carbocycles. The van der Waals surface area contributed by atoms with Gasteiger partial charge in [0.15, 0.2) is 5.65 Å². The van der Waals surface area contributed by atoms with Crippen molar-refractivity contribution in [2.24, 2.45) is 10.7 Å². The van der Waals surface area contributed by atoms with Crippen LogP contribution in [0.2, 0.25) is 0 Å². The fourth-order valence-electron chi connectivity index (χ4n) is 2.41. The molecule has 1 aliphatic rings. The zero-order chi connectivity index (χ0) is 18.0. The first kappa shape index (κ1) is 17.1. The number of hydrogen-bond donors (Lipinski definition) is 2.